The number of nitrogens with one attached hydrogen (secondary N) is 1. The van der Waals surface area contributed by atoms with Crippen molar-refractivity contribution >= 4 is 11.8 Å². The zero-order chi connectivity index (χ0) is 10.5. The number of hydrogen-bond acceptors (Lipinski definition) is 3. The van der Waals surface area contributed by atoms with E-state index in [-0.39, 0.29) is 0 Å². The van der Waals surface area contributed by atoms with Gasteiger partial charge in [-0.3, -0.25) is 0 Å². The first-order chi connectivity index (χ1) is 7.40. The van der Waals surface area contributed by atoms with Crippen LogP contribution >= 0.6 is 11.8 Å². The molecule has 0 bridgehead atoms. The quantitative estimate of drug-likeness (QED) is 0.800. The van der Waals surface area contributed by atoms with Crippen LogP contribution < -0.4 is 5.32 Å². The zero-order valence-electron chi connectivity index (χ0n) is 9.71. The highest BCUT2D eigenvalue weighted by Crippen LogP contribution is 2.21. The van der Waals surface area contributed by atoms with Gasteiger partial charge in [-0.15, -0.1) is 0 Å². The van der Waals surface area contributed by atoms with E-state index in [1.165, 1.54) is 43.6 Å². The highest BCUT2D eigenvalue weighted by Gasteiger charge is 2.26. The summed E-state index contributed by atoms with van der Waals surface area (Å²) in [6.07, 6.45) is 6.89. The van der Waals surface area contributed by atoms with E-state index in [9.17, 15) is 0 Å². The molecule has 0 aromatic rings. The number of ether oxygens (including phenoxy) is 1. The molecule has 2 aliphatic rings. The fraction of sp³-hybridized carbons (Fsp3) is 1.00. The van der Waals surface area contributed by atoms with Crippen molar-refractivity contribution in [3.8, 4) is 0 Å². The molecule has 0 amide bonds. The second kappa shape index (κ2) is 6.12. The molecule has 1 N–H and O–H groups in total. The molecule has 0 spiro atoms. The Balaban J connectivity index is 1.78. The van der Waals surface area contributed by atoms with Crippen molar-refractivity contribution < 1.29 is 4.74 Å². The summed E-state index contributed by atoms with van der Waals surface area (Å²) in [5, 5.41) is 3.81. The van der Waals surface area contributed by atoms with Gasteiger partial charge in [0.05, 0.1) is 6.10 Å². The molecule has 2 rings (SSSR count). The molecular formula is C12H23NOS. The maximum absolute atomic E-state index is 5.78. The standard InChI is InChI=1S/C12H23NOS/c1-2-11(12-4-3-7-14-12)13-10-5-8-15-9-6-10/h10-13H,2-9H2,1H3/t11-,12+/m1/s1. The lowest BCUT2D eigenvalue weighted by atomic mass is 10.0. The van der Waals surface area contributed by atoms with Gasteiger partial charge < -0.3 is 10.1 Å². The maximum atomic E-state index is 5.78. The van der Waals surface area contributed by atoms with Crippen molar-refractivity contribution in [3.05, 3.63) is 0 Å². The van der Waals surface area contributed by atoms with Gasteiger partial charge in [-0.2, -0.15) is 11.8 Å². The molecule has 0 saturated carbocycles. The molecule has 0 aromatic heterocycles. The average molecular weight is 229 g/mol. The minimum absolute atomic E-state index is 0.490. The van der Waals surface area contributed by atoms with Gasteiger partial charge in [0, 0.05) is 18.7 Å². The first kappa shape index (κ1) is 11.7. The monoisotopic (exact) mass is 229 g/mol. The fourth-order valence-corrected chi connectivity index (χ4v) is 3.68. The summed E-state index contributed by atoms with van der Waals surface area (Å²) < 4.78 is 5.78. The van der Waals surface area contributed by atoms with Crippen molar-refractivity contribution in [3.63, 3.8) is 0 Å². The van der Waals surface area contributed by atoms with Crippen molar-refractivity contribution in [1.82, 2.24) is 5.32 Å². The van der Waals surface area contributed by atoms with E-state index in [1.807, 2.05) is 0 Å². The van der Waals surface area contributed by atoms with Crippen molar-refractivity contribution in [2.75, 3.05) is 18.1 Å². The molecule has 2 fully saturated rings. The summed E-state index contributed by atoms with van der Waals surface area (Å²) in [6, 6.07) is 1.35. The van der Waals surface area contributed by atoms with E-state index >= 15 is 0 Å². The number of thioether (sulfide) groups is 1. The Bertz CT molecular complexity index is 176. The van der Waals surface area contributed by atoms with Crippen LogP contribution in [0.15, 0.2) is 0 Å². The Hall–Kier alpha value is 0.270. The predicted molar refractivity (Wildman–Crippen MR) is 66.5 cm³/mol. The highest BCUT2D eigenvalue weighted by molar-refractivity contribution is 7.99. The van der Waals surface area contributed by atoms with E-state index in [0.29, 0.717) is 12.1 Å². The van der Waals surface area contributed by atoms with Crippen LogP contribution in [0.5, 0.6) is 0 Å². The summed E-state index contributed by atoms with van der Waals surface area (Å²) in [6.45, 7) is 3.25. The first-order valence-electron chi connectivity index (χ1n) is 6.35. The Morgan fingerprint density at radius 3 is 2.73 bits per heavy atom. The van der Waals surface area contributed by atoms with Gasteiger partial charge in [0.1, 0.15) is 0 Å². The van der Waals surface area contributed by atoms with Crippen molar-refractivity contribution in [1.29, 1.82) is 0 Å². The van der Waals surface area contributed by atoms with Crippen LogP contribution in [0.3, 0.4) is 0 Å². The Kier molecular flexibility index (Phi) is 4.79. The Morgan fingerprint density at radius 1 is 1.33 bits per heavy atom. The minimum atomic E-state index is 0.490. The van der Waals surface area contributed by atoms with Gasteiger partial charge in [0.2, 0.25) is 0 Å². The van der Waals surface area contributed by atoms with Crippen LogP contribution in [0.4, 0.5) is 0 Å². The normalized spacial score (nSPS) is 30.6. The topological polar surface area (TPSA) is 21.3 Å². The van der Waals surface area contributed by atoms with Crippen molar-refractivity contribution in [2.24, 2.45) is 0 Å². The zero-order valence-corrected chi connectivity index (χ0v) is 10.5. The number of hydrogen-bond donors (Lipinski definition) is 1. The van der Waals surface area contributed by atoms with Gasteiger partial charge in [-0.05, 0) is 43.6 Å². The number of rotatable bonds is 4. The second-order valence-corrected chi connectivity index (χ2v) is 5.84. The molecule has 0 unspecified atom stereocenters. The lowest BCUT2D eigenvalue weighted by Gasteiger charge is -2.30. The van der Waals surface area contributed by atoms with Crippen LogP contribution in [0.1, 0.15) is 39.0 Å². The smallest absolute Gasteiger partial charge is 0.0728 e. The van der Waals surface area contributed by atoms with Crippen LogP contribution in [0, 0.1) is 0 Å². The summed E-state index contributed by atoms with van der Waals surface area (Å²) in [4.78, 5) is 0. The van der Waals surface area contributed by atoms with E-state index in [0.717, 1.165) is 12.6 Å². The molecule has 2 saturated heterocycles. The highest BCUT2D eigenvalue weighted by atomic mass is 32.2. The van der Waals surface area contributed by atoms with Gasteiger partial charge in [0.25, 0.3) is 0 Å². The van der Waals surface area contributed by atoms with E-state index in [2.05, 4.69) is 24.0 Å². The third-order valence-electron chi connectivity index (χ3n) is 3.52. The molecule has 0 aliphatic carbocycles. The van der Waals surface area contributed by atoms with Gasteiger partial charge >= 0.3 is 0 Å². The van der Waals surface area contributed by atoms with Gasteiger partial charge in [-0.25, -0.2) is 0 Å². The third-order valence-corrected chi connectivity index (χ3v) is 4.57. The summed E-state index contributed by atoms with van der Waals surface area (Å²) >= 11 is 2.09. The Labute approximate surface area is 97.5 Å². The van der Waals surface area contributed by atoms with Crippen LogP contribution in [-0.2, 0) is 4.74 Å². The first-order valence-corrected chi connectivity index (χ1v) is 7.51. The summed E-state index contributed by atoms with van der Waals surface area (Å²) in [7, 11) is 0. The van der Waals surface area contributed by atoms with Crippen LogP contribution in [-0.4, -0.2) is 36.3 Å². The van der Waals surface area contributed by atoms with E-state index < -0.39 is 0 Å². The van der Waals surface area contributed by atoms with Gasteiger partial charge in [-0.1, -0.05) is 6.92 Å². The largest absolute Gasteiger partial charge is 0.377 e. The molecular weight excluding hydrogens is 206 g/mol. The molecule has 3 heteroatoms. The van der Waals surface area contributed by atoms with Crippen LogP contribution in [0.25, 0.3) is 0 Å². The van der Waals surface area contributed by atoms with Gasteiger partial charge in [0.15, 0.2) is 0 Å². The fourth-order valence-electron chi connectivity index (χ4n) is 2.57. The summed E-state index contributed by atoms with van der Waals surface area (Å²) in [5.41, 5.74) is 0. The maximum Gasteiger partial charge on any atom is 0.0728 e. The molecule has 2 nitrogen and oxygen atoms in total. The van der Waals surface area contributed by atoms with Crippen LogP contribution in [0.2, 0.25) is 0 Å². The predicted octanol–water partition coefficient (Wildman–Crippen LogP) is 2.43. The second-order valence-electron chi connectivity index (χ2n) is 4.62. The summed E-state index contributed by atoms with van der Waals surface area (Å²) in [5.74, 6) is 2.67. The molecule has 2 atom stereocenters. The molecule has 2 aliphatic heterocycles. The third kappa shape index (κ3) is 3.36. The Morgan fingerprint density at radius 2 is 2.13 bits per heavy atom. The molecule has 0 radical (unpaired) electrons. The molecule has 88 valence electrons. The molecule has 0 aromatic carbocycles. The van der Waals surface area contributed by atoms with E-state index in [4.69, 9.17) is 4.74 Å². The SMILES string of the molecule is CC[C@@H](NC1CCSCC1)[C@@H]1CCCO1. The molecule has 2 heterocycles. The van der Waals surface area contributed by atoms with E-state index in [1.54, 1.807) is 0 Å². The van der Waals surface area contributed by atoms with Crippen molar-refractivity contribution in [2.45, 2.75) is 57.2 Å². The minimum Gasteiger partial charge on any atom is -0.377 e. The molecule has 15 heavy (non-hydrogen) atoms. The lowest BCUT2D eigenvalue weighted by molar-refractivity contribution is 0.0722. The lowest BCUT2D eigenvalue weighted by Crippen LogP contribution is -2.46. The average Bonchev–Trinajstić information content (AvgIpc) is 2.81.